The SMILES string of the molecule is CCCCCOC(=O)OCCl. The highest BCUT2D eigenvalue weighted by Crippen LogP contribution is 1.95. The Balaban J connectivity index is 3.04. The summed E-state index contributed by atoms with van der Waals surface area (Å²) in [6.07, 6.45) is 2.37. The number of hydrogen-bond donors (Lipinski definition) is 0. The first-order valence-corrected chi connectivity index (χ1v) is 4.20. The molecule has 0 aromatic carbocycles. The summed E-state index contributed by atoms with van der Waals surface area (Å²) in [5.74, 6) is 0. The van der Waals surface area contributed by atoms with Crippen molar-refractivity contribution in [2.75, 3.05) is 12.7 Å². The Bertz CT molecular complexity index is 106. The molecule has 0 bridgehead atoms. The number of rotatable bonds is 5. The van der Waals surface area contributed by atoms with Crippen LogP contribution in [-0.4, -0.2) is 18.8 Å². The third-order valence-corrected chi connectivity index (χ3v) is 1.25. The number of halogens is 1. The van der Waals surface area contributed by atoms with Crippen LogP contribution in [0.15, 0.2) is 0 Å². The fraction of sp³-hybridized carbons (Fsp3) is 0.857. The van der Waals surface area contributed by atoms with Crippen molar-refractivity contribution in [2.45, 2.75) is 26.2 Å². The number of alkyl halides is 1. The molecule has 0 rings (SSSR count). The summed E-state index contributed by atoms with van der Waals surface area (Å²) in [6, 6.07) is -0.146. The molecule has 0 atom stereocenters. The number of carbonyl (C=O) groups is 1. The van der Waals surface area contributed by atoms with E-state index in [0.717, 1.165) is 19.3 Å². The molecule has 0 unspecified atom stereocenters. The fourth-order valence-corrected chi connectivity index (χ4v) is 0.683. The van der Waals surface area contributed by atoms with E-state index < -0.39 is 6.16 Å². The van der Waals surface area contributed by atoms with Gasteiger partial charge in [0.25, 0.3) is 0 Å². The van der Waals surface area contributed by atoms with Crippen molar-refractivity contribution in [1.29, 1.82) is 0 Å². The number of unbranched alkanes of at least 4 members (excludes halogenated alkanes) is 2. The van der Waals surface area contributed by atoms with E-state index in [4.69, 9.17) is 11.6 Å². The summed E-state index contributed by atoms with van der Waals surface area (Å²) < 4.78 is 8.97. The topological polar surface area (TPSA) is 35.5 Å². The molecule has 0 fully saturated rings. The first kappa shape index (κ1) is 10.6. The van der Waals surface area contributed by atoms with E-state index in [1.807, 2.05) is 0 Å². The molecule has 0 amide bonds. The molecule has 0 saturated heterocycles. The van der Waals surface area contributed by atoms with Crippen LogP contribution in [0.4, 0.5) is 4.79 Å². The van der Waals surface area contributed by atoms with Crippen LogP contribution < -0.4 is 0 Å². The van der Waals surface area contributed by atoms with Crippen molar-refractivity contribution in [3.8, 4) is 0 Å². The smallest absolute Gasteiger partial charge is 0.434 e. The van der Waals surface area contributed by atoms with E-state index >= 15 is 0 Å². The van der Waals surface area contributed by atoms with Gasteiger partial charge in [-0.15, -0.1) is 0 Å². The molecule has 0 aliphatic rings. The average Bonchev–Trinajstić information content (AvgIpc) is 1.99. The van der Waals surface area contributed by atoms with Gasteiger partial charge in [-0.3, -0.25) is 0 Å². The molecule has 0 aromatic rings. The van der Waals surface area contributed by atoms with Crippen LogP contribution in [0.2, 0.25) is 0 Å². The van der Waals surface area contributed by atoms with Crippen molar-refractivity contribution >= 4 is 17.8 Å². The largest absolute Gasteiger partial charge is 0.509 e. The Hall–Kier alpha value is -0.440. The van der Waals surface area contributed by atoms with Gasteiger partial charge in [-0.2, -0.15) is 0 Å². The van der Waals surface area contributed by atoms with Gasteiger partial charge in [-0.1, -0.05) is 31.4 Å². The zero-order chi connectivity index (χ0) is 8.53. The van der Waals surface area contributed by atoms with Crippen molar-refractivity contribution in [3.63, 3.8) is 0 Å². The van der Waals surface area contributed by atoms with Gasteiger partial charge in [0.05, 0.1) is 6.61 Å². The van der Waals surface area contributed by atoms with E-state index in [9.17, 15) is 4.79 Å². The van der Waals surface area contributed by atoms with Crippen LogP contribution in [0.5, 0.6) is 0 Å². The maximum Gasteiger partial charge on any atom is 0.509 e. The summed E-state index contributed by atoms with van der Waals surface area (Å²) >= 11 is 5.11. The van der Waals surface area contributed by atoms with Crippen molar-refractivity contribution in [2.24, 2.45) is 0 Å². The standard InChI is InChI=1S/C7H13ClO3/c1-2-3-4-5-10-7(9)11-6-8/h2-6H2,1H3. The van der Waals surface area contributed by atoms with Gasteiger partial charge in [0.15, 0.2) is 6.07 Å². The predicted octanol–water partition coefficient (Wildman–Crippen LogP) is 2.53. The van der Waals surface area contributed by atoms with Gasteiger partial charge in [-0.25, -0.2) is 4.79 Å². The van der Waals surface area contributed by atoms with E-state index in [1.165, 1.54) is 0 Å². The first-order chi connectivity index (χ1) is 5.31. The summed E-state index contributed by atoms with van der Waals surface area (Å²) in [4.78, 5) is 10.5. The Labute approximate surface area is 71.6 Å². The van der Waals surface area contributed by atoms with E-state index in [0.29, 0.717) is 6.61 Å². The summed E-state index contributed by atoms with van der Waals surface area (Å²) in [5, 5.41) is 0. The van der Waals surface area contributed by atoms with Gasteiger partial charge < -0.3 is 9.47 Å². The second kappa shape index (κ2) is 7.66. The lowest BCUT2D eigenvalue weighted by atomic mass is 10.3. The average molecular weight is 181 g/mol. The highest BCUT2D eigenvalue weighted by molar-refractivity contribution is 6.17. The van der Waals surface area contributed by atoms with Crippen LogP contribution >= 0.6 is 11.6 Å². The molecule has 3 nitrogen and oxygen atoms in total. The number of hydrogen-bond acceptors (Lipinski definition) is 3. The molecular weight excluding hydrogens is 168 g/mol. The third-order valence-electron chi connectivity index (χ3n) is 1.14. The molecule has 4 heteroatoms. The fourth-order valence-electron chi connectivity index (χ4n) is 0.594. The van der Waals surface area contributed by atoms with E-state index in [-0.39, 0.29) is 6.07 Å². The van der Waals surface area contributed by atoms with Gasteiger partial charge in [-0.05, 0) is 6.42 Å². The molecule has 0 aliphatic carbocycles. The van der Waals surface area contributed by atoms with Crippen LogP contribution in [-0.2, 0) is 9.47 Å². The quantitative estimate of drug-likeness (QED) is 0.371. The molecule has 0 spiro atoms. The Kier molecular flexibility index (Phi) is 7.36. The maximum atomic E-state index is 10.5. The third kappa shape index (κ3) is 7.46. The van der Waals surface area contributed by atoms with Gasteiger partial charge in [0, 0.05) is 0 Å². The maximum absolute atomic E-state index is 10.5. The summed E-state index contributed by atoms with van der Waals surface area (Å²) in [7, 11) is 0. The van der Waals surface area contributed by atoms with Crippen LogP contribution in [0.3, 0.4) is 0 Å². The Morgan fingerprint density at radius 1 is 1.36 bits per heavy atom. The lowest BCUT2D eigenvalue weighted by Gasteiger charge is -2.01. The molecule has 11 heavy (non-hydrogen) atoms. The molecule has 0 aromatic heterocycles. The summed E-state index contributed by atoms with van der Waals surface area (Å²) in [6.45, 7) is 2.50. The van der Waals surface area contributed by atoms with E-state index in [1.54, 1.807) is 0 Å². The summed E-state index contributed by atoms with van der Waals surface area (Å²) in [5.41, 5.74) is 0. The lowest BCUT2D eigenvalue weighted by molar-refractivity contribution is 0.0665. The molecule has 0 N–H and O–H groups in total. The highest BCUT2D eigenvalue weighted by Gasteiger charge is 2.00. The lowest BCUT2D eigenvalue weighted by Crippen LogP contribution is -2.07. The number of carbonyl (C=O) groups excluding carboxylic acids is 1. The zero-order valence-electron chi connectivity index (χ0n) is 6.64. The van der Waals surface area contributed by atoms with Gasteiger partial charge in [0.2, 0.25) is 0 Å². The van der Waals surface area contributed by atoms with Crippen LogP contribution in [0.25, 0.3) is 0 Å². The van der Waals surface area contributed by atoms with Crippen molar-refractivity contribution in [1.82, 2.24) is 0 Å². The minimum Gasteiger partial charge on any atom is -0.434 e. The molecule has 0 saturated carbocycles. The Morgan fingerprint density at radius 3 is 2.64 bits per heavy atom. The molecule has 66 valence electrons. The van der Waals surface area contributed by atoms with Gasteiger partial charge >= 0.3 is 6.16 Å². The normalized spacial score (nSPS) is 9.27. The molecule has 0 aliphatic heterocycles. The van der Waals surface area contributed by atoms with E-state index in [2.05, 4.69) is 16.4 Å². The molecular formula is C7H13ClO3. The first-order valence-electron chi connectivity index (χ1n) is 3.66. The predicted molar refractivity (Wildman–Crippen MR) is 42.7 cm³/mol. The van der Waals surface area contributed by atoms with Crippen LogP contribution in [0, 0.1) is 0 Å². The van der Waals surface area contributed by atoms with Crippen molar-refractivity contribution in [3.05, 3.63) is 0 Å². The minimum atomic E-state index is -0.684. The van der Waals surface area contributed by atoms with Gasteiger partial charge in [0.1, 0.15) is 0 Å². The number of ether oxygens (including phenoxy) is 2. The van der Waals surface area contributed by atoms with Crippen molar-refractivity contribution < 1.29 is 14.3 Å². The second-order valence-electron chi connectivity index (χ2n) is 2.06. The zero-order valence-corrected chi connectivity index (χ0v) is 7.39. The molecule has 0 heterocycles. The molecule has 0 radical (unpaired) electrons. The highest BCUT2D eigenvalue weighted by atomic mass is 35.5. The van der Waals surface area contributed by atoms with Crippen LogP contribution in [0.1, 0.15) is 26.2 Å². The Morgan fingerprint density at radius 2 is 2.09 bits per heavy atom. The minimum absolute atomic E-state index is 0.146. The monoisotopic (exact) mass is 180 g/mol. The second-order valence-corrected chi connectivity index (χ2v) is 2.28.